The summed E-state index contributed by atoms with van der Waals surface area (Å²) in [4.78, 5) is 28.8. The van der Waals surface area contributed by atoms with Gasteiger partial charge in [0, 0.05) is 31.1 Å². The van der Waals surface area contributed by atoms with E-state index in [0.717, 1.165) is 12.1 Å². The van der Waals surface area contributed by atoms with Crippen molar-refractivity contribution in [1.29, 1.82) is 0 Å². The molecule has 0 saturated heterocycles. The van der Waals surface area contributed by atoms with Gasteiger partial charge in [-0.3, -0.25) is 4.79 Å². The zero-order valence-electron chi connectivity index (χ0n) is 16.4. The van der Waals surface area contributed by atoms with Crippen LogP contribution in [0.1, 0.15) is 24.9 Å². The number of nitrogens with one attached hydrogen (secondary N) is 2. The summed E-state index contributed by atoms with van der Waals surface area (Å²) in [5, 5.41) is 11.3. The van der Waals surface area contributed by atoms with Gasteiger partial charge in [0.25, 0.3) is 5.56 Å². The Labute approximate surface area is 180 Å². The molecule has 6 nitrogen and oxygen atoms in total. The molecule has 0 aliphatic rings. The van der Waals surface area contributed by atoms with Gasteiger partial charge in [-0.05, 0) is 48.6 Å². The van der Waals surface area contributed by atoms with Crippen LogP contribution in [-0.2, 0) is 0 Å². The van der Waals surface area contributed by atoms with Crippen molar-refractivity contribution in [3.8, 4) is 0 Å². The number of aliphatic hydroxyl groups is 1. The summed E-state index contributed by atoms with van der Waals surface area (Å²) < 4.78 is 41.5. The van der Waals surface area contributed by atoms with Gasteiger partial charge in [0.05, 0.1) is 16.5 Å². The summed E-state index contributed by atoms with van der Waals surface area (Å²) in [6.07, 6.45) is 1.52. The second-order valence-electron chi connectivity index (χ2n) is 6.89. The fourth-order valence-electron chi connectivity index (χ4n) is 3.32. The molecule has 1 aromatic heterocycles. The Morgan fingerprint density at radius 1 is 1.23 bits per heavy atom. The van der Waals surface area contributed by atoms with Gasteiger partial charge < -0.3 is 20.3 Å². The fraction of sp³-hybridized carbons (Fsp3) is 0.238. The van der Waals surface area contributed by atoms with Crippen LogP contribution in [0, 0.1) is 17.5 Å². The number of aliphatic hydroxyl groups excluding tert-OH is 1. The molecule has 164 valence electrons. The molecule has 0 radical (unpaired) electrons. The van der Waals surface area contributed by atoms with Crippen LogP contribution in [-0.4, -0.2) is 34.2 Å². The molecule has 1 unspecified atom stereocenters. The quantitative estimate of drug-likeness (QED) is 0.511. The number of hydrogen-bond acceptors (Lipinski definition) is 3. The van der Waals surface area contributed by atoms with E-state index < -0.39 is 35.1 Å². The molecule has 1 heterocycles. The number of benzene rings is 2. The molecule has 0 aliphatic heterocycles. The van der Waals surface area contributed by atoms with Gasteiger partial charge in [-0.1, -0.05) is 11.6 Å². The number of carbonyl (C=O) groups is 1. The fourth-order valence-corrected chi connectivity index (χ4v) is 3.50. The molecule has 3 aromatic rings. The third-order valence-corrected chi connectivity index (χ3v) is 5.15. The monoisotopic (exact) mass is 453 g/mol. The summed E-state index contributed by atoms with van der Waals surface area (Å²) in [5.41, 5.74) is -0.185. The molecule has 3 rings (SSSR count). The van der Waals surface area contributed by atoms with E-state index in [-0.39, 0.29) is 41.1 Å². The minimum atomic E-state index is -1.02. The normalized spacial score (nSPS) is 12.1. The van der Waals surface area contributed by atoms with Crippen molar-refractivity contribution in [2.75, 3.05) is 18.5 Å². The molecule has 0 aliphatic carbocycles. The van der Waals surface area contributed by atoms with E-state index in [4.69, 9.17) is 11.6 Å². The number of halogens is 4. The van der Waals surface area contributed by atoms with E-state index >= 15 is 0 Å². The third kappa shape index (κ3) is 4.83. The van der Waals surface area contributed by atoms with Crippen molar-refractivity contribution in [2.24, 2.45) is 0 Å². The average molecular weight is 454 g/mol. The molecule has 2 amide bonds. The summed E-state index contributed by atoms with van der Waals surface area (Å²) in [6.45, 7) is 1.51. The number of fused-ring (bicyclic) bond motifs is 1. The van der Waals surface area contributed by atoms with Crippen LogP contribution in [0.3, 0.4) is 0 Å². The molecule has 0 saturated carbocycles. The highest BCUT2D eigenvalue weighted by atomic mass is 35.5. The predicted octanol–water partition coefficient (Wildman–Crippen LogP) is 4.58. The van der Waals surface area contributed by atoms with Crippen molar-refractivity contribution >= 4 is 34.1 Å². The lowest BCUT2D eigenvalue weighted by atomic mass is 10.0. The molecule has 0 spiro atoms. The zero-order valence-corrected chi connectivity index (χ0v) is 17.1. The second kappa shape index (κ2) is 9.40. The number of nitrogens with zero attached hydrogens (tertiary/aromatic N) is 1. The number of aromatic nitrogens is 1. The average Bonchev–Trinajstić information content (AvgIpc) is 2.70. The maximum Gasteiger partial charge on any atom is 0.322 e. The van der Waals surface area contributed by atoms with Gasteiger partial charge in [0.15, 0.2) is 0 Å². The SMILES string of the molecule is CC(c1c[nH]c(=O)c2c(F)cc(F)cc12)N(CCCO)C(=O)Nc1ccc(F)c(Cl)c1. The lowest BCUT2D eigenvalue weighted by Gasteiger charge is -2.30. The van der Waals surface area contributed by atoms with E-state index in [2.05, 4.69) is 10.3 Å². The van der Waals surface area contributed by atoms with Crippen molar-refractivity contribution in [3.63, 3.8) is 0 Å². The van der Waals surface area contributed by atoms with Crippen molar-refractivity contribution in [3.05, 3.63) is 74.9 Å². The molecule has 2 aromatic carbocycles. The highest BCUT2D eigenvalue weighted by molar-refractivity contribution is 6.31. The van der Waals surface area contributed by atoms with E-state index in [1.54, 1.807) is 6.92 Å². The molecule has 0 bridgehead atoms. The van der Waals surface area contributed by atoms with Gasteiger partial charge >= 0.3 is 6.03 Å². The zero-order chi connectivity index (χ0) is 22.7. The van der Waals surface area contributed by atoms with E-state index in [1.807, 2.05) is 0 Å². The van der Waals surface area contributed by atoms with Gasteiger partial charge in [0.2, 0.25) is 0 Å². The predicted molar refractivity (Wildman–Crippen MR) is 112 cm³/mol. The first kappa shape index (κ1) is 22.6. The van der Waals surface area contributed by atoms with Crippen LogP contribution >= 0.6 is 11.6 Å². The highest BCUT2D eigenvalue weighted by Gasteiger charge is 2.25. The molecule has 0 fully saturated rings. The topological polar surface area (TPSA) is 85.4 Å². The Hall–Kier alpha value is -3.04. The number of hydrogen-bond donors (Lipinski definition) is 3. The van der Waals surface area contributed by atoms with Crippen LogP contribution in [0.2, 0.25) is 5.02 Å². The largest absolute Gasteiger partial charge is 0.396 e. The first-order chi connectivity index (χ1) is 14.7. The molecular formula is C21H19ClF3N3O3. The number of H-pyrrole nitrogens is 1. The van der Waals surface area contributed by atoms with Crippen molar-refractivity contribution < 1.29 is 23.1 Å². The van der Waals surface area contributed by atoms with E-state index in [9.17, 15) is 27.9 Å². The first-order valence-electron chi connectivity index (χ1n) is 9.36. The lowest BCUT2D eigenvalue weighted by Crippen LogP contribution is -2.38. The van der Waals surface area contributed by atoms with Gasteiger partial charge in [-0.15, -0.1) is 0 Å². The minimum Gasteiger partial charge on any atom is -0.396 e. The number of aromatic amines is 1. The number of amides is 2. The van der Waals surface area contributed by atoms with Crippen LogP contribution in [0.4, 0.5) is 23.7 Å². The van der Waals surface area contributed by atoms with Crippen LogP contribution in [0.15, 0.2) is 41.3 Å². The van der Waals surface area contributed by atoms with Gasteiger partial charge in [-0.2, -0.15) is 0 Å². The summed E-state index contributed by atoms with van der Waals surface area (Å²) in [5.74, 6) is -2.53. The maximum absolute atomic E-state index is 14.2. The Morgan fingerprint density at radius 3 is 2.65 bits per heavy atom. The number of carbonyl (C=O) groups excluding carboxylic acids is 1. The smallest absolute Gasteiger partial charge is 0.322 e. The second-order valence-corrected chi connectivity index (χ2v) is 7.30. The van der Waals surface area contributed by atoms with E-state index in [1.165, 1.54) is 23.2 Å². The highest BCUT2D eigenvalue weighted by Crippen LogP contribution is 2.29. The Balaban J connectivity index is 2.00. The summed E-state index contributed by atoms with van der Waals surface area (Å²) >= 11 is 5.75. The van der Waals surface area contributed by atoms with Crippen LogP contribution in [0.25, 0.3) is 10.8 Å². The first-order valence-corrected chi connectivity index (χ1v) is 9.74. The number of anilines is 1. The Kier molecular flexibility index (Phi) is 6.87. The van der Waals surface area contributed by atoms with Crippen molar-refractivity contribution in [1.82, 2.24) is 9.88 Å². The van der Waals surface area contributed by atoms with Crippen LogP contribution < -0.4 is 10.9 Å². The molecular weight excluding hydrogens is 435 g/mol. The van der Waals surface area contributed by atoms with Gasteiger partial charge in [0.1, 0.15) is 17.5 Å². The number of urea groups is 1. The summed E-state index contributed by atoms with van der Waals surface area (Å²) in [6, 6.07) is 3.95. The Bertz CT molecular complexity index is 1190. The lowest BCUT2D eigenvalue weighted by molar-refractivity contribution is 0.182. The molecule has 31 heavy (non-hydrogen) atoms. The molecule has 3 N–H and O–H groups in total. The third-order valence-electron chi connectivity index (χ3n) is 4.86. The van der Waals surface area contributed by atoms with Gasteiger partial charge in [-0.25, -0.2) is 18.0 Å². The maximum atomic E-state index is 14.2. The minimum absolute atomic E-state index is 0.0281. The van der Waals surface area contributed by atoms with E-state index in [0.29, 0.717) is 11.6 Å². The van der Waals surface area contributed by atoms with Crippen LogP contribution in [0.5, 0.6) is 0 Å². The Morgan fingerprint density at radius 2 is 1.97 bits per heavy atom. The number of rotatable bonds is 6. The summed E-state index contributed by atoms with van der Waals surface area (Å²) in [7, 11) is 0. The molecule has 10 heteroatoms. The number of pyridine rings is 1. The standard InChI is InChI=1S/C21H19ClF3N3O3/c1-11(15-10-26-20(30)19-14(15)7-12(23)8-18(19)25)28(5-2-6-29)21(31)27-13-3-4-17(24)16(22)9-13/h3-4,7-11,29H,2,5-6H2,1H3,(H,26,30)(H,27,31). The molecule has 1 atom stereocenters. The van der Waals surface area contributed by atoms with Crippen molar-refractivity contribution in [2.45, 2.75) is 19.4 Å².